The van der Waals surface area contributed by atoms with E-state index in [2.05, 4.69) is 0 Å². The summed E-state index contributed by atoms with van der Waals surface area (Å²) < 4.78 is 10.0. The van der Waals surface area contributed by atoms with Crippen LogP contribution in [0.1, 0.15) is 28.4 Å². The molecule has 0 fully saturated rings. The number of nitrogens with two attached hydrogens (primary N) is 1. The third-order valence-corrected chi connectivity index (χ3v) is 2.55. The fourth-order valence-corrected chi connectivity index (χ4v) is 1.66. The average molecular weight is 269 g/mol. The minimum absolute atomic E-state index is 0.0706. The van der Waals surface area contributed by atoms with E-state index in [-0.39, 0.29) is 23.5 Å². The van der Waals surface area contributed by atoms with Gasteiger partial charge in [-0.2, -0.15) is 0 Å². The van der Waals surface area contributed by atoms with Gasteiger partial charge in [-0.3, -0.25) is 4.79 Å². The minimum atomic E-state index is -1.21. The smallest absolute Gasteiger partial charge is 0.339 e. The molecule has 0 saturated carbocycles. The molecule has 104 valence electrons. The zero-order valence-electron chi connectivity index (χ0n) is 10.5. The minimum Gasteiger partial charge on any atom is -0.493 e. The van der Waals surface area contributed by atoms with Crippen molar-refractivity contribution in [1.82, 2.24) is 0 Å². The summed E-state index contributed by atoms with van der Waals surface area (Å²) in [7, 11) is 2.68. The molecule has 1 atom stereocenters. The Bertz CT molecular complexity index is 499. The molecule has 0 aliphatic heterocycles. The lowest BCUT2D eigenvalue weighted by atomic mass is 10.0. The standard InChI is InChI=1S/C12H15NO6/c1-18-9-4-6(8(13)5-10(14)15)3-7(12(16)17)11(9)19-2/h3-4,8H,5,13H2,1-2H3,(H,14,15)(H,16,17). The molecular weight excluding hydrogens is 254 g/mol. The quantitative estimate of drug-likeness (QED) is 0.701. The number of benzene rings is 1. The molecule has 0 saturated heterocycles. The van der Waals surface area contributed by atoms with Crippen molar-refractivity contribution in [2.45, 2.75) is 12.5 Å². The summed E-state index contributed by atoms with van der Waals surface area (Å²) in [6, 6.07) is 1.94. The second kappa shape index (κ2) is 6.05. The Balaban J connectivity index is 3.31. The topological polar surface area (TPSA) is 119 Å². The summed E-state index contributed by atoms with van der Waals surface area (Å²) in [4.78, 5) is 21.8. The van der Waals surface area contributed by atoms with Crippen molar-refractivity contribution in [3.63, 3.8) is 0 Å². The van der Waals surface area contributed by atoms with Gasteiger partial charge in [0.05, 0.1) is 20.6 Å². The van der Waals surface area contributed by atoms with E-state index >= 15 is 0 Å². The van der Waals surface area contributed by atoms with E-state index in [1.165, 1.54) is 26.4 Å². The number of aromatic carboxylic acids is 1. The summed E-state index contributed by atoms with van der Waals surface area (Å²) in [5.74, 6) is -2.02. The Morgan fingerprint density at radius 2 is 1.89 bits per heavy atom. The maximum atomic E-state index is 11.2. The van der Waals surface area contributed by atoms with Crippen molar-refractivity contribution in [3.05, 3.63) is 23.3 Å². The maximum Gasteiger partial charge on any atom is 0.339 e. The van der Waals surface area contributed by atoms with Crippen LogP contribution in [0.4, 0.5) is 0 Å². The number of hydrogen-bond acceptors (Lipinski definition) is 5. The van der Waals surface area contributed by atoms with Crippen LogP contribution in [-0.4, -0.2) is 36.4 Å². The van der Waals surface area contributed by atoms with Crippen molar-refractivity contribution < 1.29 is 29.3 Å². The summed E-state index contributed by atoms with van der Waals surface area (Å²) in [5, 5.41) is 17.8. The predicted molar refractivity (Wildman–Crippen MR) is 65.7 cm³/mol. The van der Waals surface area contributed by atoms with Gasteiger partial charge in [-0.25, -0.2) is 4.79 Å². The number of methoxy groups -OCH3 is 2. The van der Waals surface area contributed by atoms with Gasteiger partial charge >= 0.3 is 11.9 Å². The van der Waals surface area contributed by atoms with Crippen LogP contribution in [0.25, 0.3) is 0 Å². The van der Waals surface area contributed by atoms with Crippen LogP contribution in [0.15, 0.2) is 12.1 Å². The van der Waals surface area contributed by atoms with Gasteiger partial charge in [0.25, 0.3) is 0 Å². The third-order valence-electron chi connectivity index (χ3n) is 2.55. The fourth-order valence-electron chi connectivity index (χ4n) is 1.66. The summed E-state index contributed by atoms with van der Waals surface area (Å²) >= 11 is 0. The molecule has 4 N–H and O–H groups in total. The normalized spacial score (nSPS) is 11.7. The second-order valence-electron chi connectivity index (χ2n) is 3.81. The molecule has 19 heavy (non-hydrogen) atoms. The Labute approximate surface area is 109 Å². The first-order valence-electron chi connectivity index (χ1n) is 5.37. The number of carboxylic acid groups (broad SMARTS) is 2. The van der Waals surface area contributed by atoms with E-state index in [0.717, 1.165) is 0 Å². The maximum absolute atomic E-state index is 11.2. The van der Waals surface area contributed by atoms with Crippen LogP contribution in [-0.2, 0) is 4.79 Å². The van der Waals surface area contributed by atoms with E-state index in [1.54, 1.807) is 0 Å². The lowest BCUT2D eigenvalue weighted by Crippen LogP contribution is -2.16. The van der Waals surface area contributed by atoms with Crippen molar-refractivity contribution in [3.8, 4) is 11.5 Å². The first-order valence-corrected chi connectivity index (χ1v) is 5.37. The van der Waals surface area contributed by atoms with E-state index in [9.17, 15) is 9.59 Å². The number of carboxylic acids is 2. The highest BCUT2D eigenvalue weighted by Gasteiger charge is 2.21. The highest BCUT2D eigenvalue weighted by atomic mass is 16.5. The zero-order valence-corrected chi connectivity index (χ0v) is 10.5. The van der Waals surface area contributed by atoms with E-state index in [0.29, 0.717) is 5.56 Å². The lowest BCUT2D eigenvalue weighted by molar-refractivity contribution is -0.137. The van der Waals surface area contributed by atoms with E-state index in [4.69, 9.17) is 25.4 Å². The Hall–Kier alpha value is -2.28. The van der Waals surface area contributed by atoms with Crippen LogP contribution in [0.5, 0.6) is 11.5 Å². The van der Waals surface area contributed by atoms with Gasteiger partial charge in [-0.05, 0) is 17.7 Å². The first kappa shape index (κ1) is 14.8. The van der Waals surface area contributed by atoms with E-state index in [1.807, 2.05) is 0 Å². The number of carbonyl (C=O) groups is 2. The lowest BCUT2D eigenvalue weighted by Gasteiger charge is -2.15. The predicted octanol–water partition coefficient (Wildman–Crippen LogP) is 0.876. The van der Waals surface area contributed by atoms with Crippen LogP contribution >= 0.6 is 0 Å². The molecule has 0 amide bonds. The molecule has 7 heteroatoms. The molecule has 0 aliphatic rings. The molecule has 0 radical (unpaired) electrons. The Morgan fingerprint density at radius 1 is 1.26 bits per heavy atom. The van der Waals surface area contributed by atoms with E-state index < -0.39 is 18.0 Å². The largest absolute Gasteiger partial charge is 0.493 e. The molecule has 1 rings (SSSR count). The monoisotopic (exact) mass is 269 g/mol. The fraction of sp³-hybridized carbons (Fsp3) is 0.333. The average Bonchev–Trinajstić information content (AvgIpc) is 2.35. The Morgan fingerprint density at radius 3 is 2.32 bits per heavy atom. The molecule has 0 aliphatic carbocycles. The molecule has 0 spiro atoms. The van der Waals surface area contributed by atoms with Gasteiger partial charge in [0, 0.05) is 6.04 Å². The molecule has 0 aromatic heterocycles. The van der Waals surface area contributed by atoms with Gasteiger partial charge in [-0.15, -0.1) is 0 Å². The van der Waals surface area contributed by atoms with Gasteiger partial charge in [0.15, 0.2) is 11.5 Å². The number of hydrogen-bond donors (Lipinski definition) is 3. The van der Waals surface area contributed by atoms with Crippen molar-refractivity contribution in [2.75, 3.05) is 14.2 Å². The SMILES string of the molecule is COc1cc(C(N)CC(=O)O)cc(C(=O)O)c1OC. The molecule has 1 aromatic carbocycles. The van der Waals surface area contributed by atoms with Crippen LogP contribution in [0.2, 0.25) is 0 Å². The number of rotatable bonds is 6. The number of aliphatic carboxylic acids is 1. The van der Waals surface area contributed by atoms with Crippen LogP contribution in [0, 0.1) is 0 Å². The van der Waals surface area contributed by atoms with Gasteiger partial charge in [-0.1, -0.05) is 0 Å². The summed E-state index contributed by atoms with van der Waals surface area (Å²) in [5.41, 5.74) is 5.94. The van der Waals surface area contributed by atoms with Gasteiger partial charge < -0.3 is 25.4 Å². The molecule has 7 nitrogen and oxygen atoms in total. The summed E-state index contributed by atoms with van der Waals surface area (Å²) in [6.07, 6.45) is -0.311. The van der Waals surface area contributed by atoms with Gasteiger partial charge in [0.2, 0.25) is 0 Å². The van der Waals surface area contributed by atoms with Crippen molar-refractivity contribution in [2.24, 2.45) is 5.73 Å². The molecule has 1 unspecified atom stereocenters. The van der Waals surface area contributed by atoms with Crippen LogP contribution in [0.3, 0.4) is 0 Å². The molecule has 0 bridgehead atoms. The highest BCUT2D eigenvalue weighted by molar-refractivity contribution is 5.92. The molecular formula is C12H15NO6. The molecule has 0 heterocycles. The first-order chi connectivity index (χ1) is 8.90. The van der Waals surface area contributed by atoms with Crippen molar-refractivity contribution in [1.29, 1.82) is 0 Å². The summed E-state index contributed by atoms with van der Waals surface area (Å²) in [6.45, 7) is 0. The highest BCUT2D eigenvalue weighted by Crippen LogP contribution is 2.34. The zero-order chi connectivity index (χ0) is 14.6. The third kappa shape index (κ3) is 3.35. The second-order valence-corrected chi connectivity index (χ2v) is 3.81. The Kier molecular flexibility index (Phi) is 4.71. The van der Waals surface area contributed by atoms with Crippen LogP contribution < -0.4 is 15.2 Å². The van der Waals surface area contributed by atoms with Gasteiger partial charge in [0.1, 0.15) is 5.56 Å². The number of ether oxygens (including phenoxy) is 2. The van der Waals surface area contributed by atoms with Crippen molar-refractivity contribution >= 4 is 11.9 Å². The molecule has 1 aromatic rings.